The fraction of sp³-hybridized carbons (Fsp3) is 0.200. The van der Waals surface area contributed by atoms with Crippen LogP contribution in [0.1, 0.15) is 18.5 Å². The first-order valence-corrected chi connectivity index (χ1v) is 8.90. The highest BCUT2D eigenvalue weighted by Crippen LogP contribution is 2.35. The highest BCUT2D eigenvalue weighted by molar-refractivity contribution is 6.07. The summed E-state index contributed by atoms with van der Waals surface area (Å²) < 4.78 is 10.6. The number of carbonyl (C=O) groups is 2. The van der Waals surface area contributed by atoms with Crippen LogP contribution in [0.4, 0.5) is 16.2 Å². The van der Waals surface area contributed by atoms with Crippen molar-refractivity contribution in [1.82, 2.24) is 10.6 Å². The van der Waals surface area contributed by atoms with Crippen LogP contribution in [0.15, 0.2) is 53.7 Å². The first kappa shape index (κ1) is 20.6. The number of urea groups is 1. The van der Waals surface area contributed by atoms with Crippen molar-refractivity contribution in [1.29, 1.82) is 0 Å². The molecule has 0 saturated heterocycles. The number of nitrogens with one attached hydrogen (secondary N) is 3. The van der Waals surface area contributed by atoms with Crippen molar-refractivity contribution in [2.75, 3.05) is 19.5 Å². The normalized spacial score (nSPS) is 15.7. The Balaban J connectivity index is 1.99. The number of ether oxygens (including phenoxy) is 2. The molecule has 156 valence electrons. The lowest BCUT2D eigenvalue weighted by Gasteiger charge is -2.29. The van der Waals surface area contributed by atoms with Crippen molar-refractivity contribution in [3.05, 3.63) is 69.4 Å². The SMILES string of the molecule is COc1ccc([C@H]2NC(=O)NC(C)=C2C(=O)Nc2cccc([N+](=O)[O-])c2)c(OC)c1. The Kier molecular flexibility index (Phi) is 5.86. The van der Waals surface area contributed by atoms with Crippen LogP contribution in [0.5, 0.6) is 11.5 Å². The number of nitro benzene ring substituents is 1. The molecule has 0 unspecified atom stereocenters. The standard InChI is InChI=1S/C20H20N4O6/c1-11-17(19(25)22-12-5-4-6-13(9-12)24(27)28)18(23-20(26)21-11)15-8-7-14(29-2)10-16(15)30-3/h4-10,18H,1-3H3,(H,22,25)(H2,21,23,26)/t18-/m1/s1. The summed E-state index contributed by atoms with van der Waals surface area (Å²) in [5, 5.41) is 18.9. The van der Waals surface area contributed by atoms with E-state index < -0.39 is 22.9 Å². The van der Waals surface area contributed by atoms with Crippen molar-refractivity contribution >= 4 is 23.3 Å². The van der Waals surface area contributed by atoms with E-state index in [1.807, 2.05) is 0 Å². The number of anilines is 1. The average Bonchev–Trinajstić information content (AvgIpc) is 2.72. The van der Waals surface area contributed by atoms with Gasteiger partial charge < -0.3 is 25.4 Å². The summed E-state index contributed by atoms with van der Waals surface area (Å²) in [6.07, 6.45) is 0. The minimum Gasteiger partial charge on any atom is -0.497 e. The van der Waals surface area contributed by atoms with Gasteiger partial charge in [-0.25, -0.2) is 4.79 Å². The Hall–Kier alpha value is -4.08. The summed E-state index contributed by atoms with van der Waals surface area (Å²) in [6, 6.07) is 9.35. The lowest BCUT2D eigenvalue weighted by Crippen LogP contribution is -2.46. The zero-order valence-corrected chi connectivity index (χ0v) is 16.5. The van der Waals surface area contributed by atoms with E-state index >= 15 is 0 Å². The lowest BCUT2D eigenvalue weighted by molar-refractivity contribution is -0.384. The maximum absolute atomic E-state index is 13.1. The molecule has 0 fully saturated rings. The first-order valence-electron chi connectivity index (χ1n) is 8.90. The van der Waals surface area contributed by atoms with Gasteiger partial charge in [-0.15, -0.1) is 0 Å². The van der Waals surface area contributed by atoms with Crippen LogP contribution in [0.2, 0.25) is 0 Å². The summed E-state index contributed by atoms with van der Waals surface area (Å²) in [5.74, 6) is 0.456. The number of non-ortho nitro benzene ring substituents is 1. The molecule has 3 amide bonds. The van der Waals surface area contributed by atoms with Crippen LogP contribution in [-0.2, 0) is 4.79 Å². The van der Waals surface area contributed by atoms with E-state index in [0.29, 0.717) is 22.8 Å². The van der Waals surface area contributed by atoms with Crippen molar-refractivity contribution in [2.45, 2.75) is 13.0 Å². The van der Waals surface area contributed by atoms with E-state index in [4.69, 9.17) is 9.47 Å². The molecule has 0 radical (unpaired) electrons. The van der Waals surface area contributed by atoms with Gasteiger partial charge in [-0.1, -0.05) is 6.07 Å². The van der Waals surface area contributed by atoms with Gasteiger partial charge in [0.1, 0.15) is 11.5 Å². The number of carbonyl (C=O) groups excluding carboxylic acids is 2. The second kappa shape index (κ2) is 8.52. The molecule has 3 N–H and O–H groups in total. The molecule has 0 aliphatic carbocycles. The first-order chi connectivity index (χ1) is 14.3. The third-order valence-corrected chi connectivity index (χ3v) is 4.58. The molecule has 2 aromatic carbocycles. The van der Waals surface area contributed by atoms with Crippen LogP contribution in [0.25, 0.3) is 0 Å². The maximum atomic E-state index is 13.1. The predicted octanol–water partition coefficient (Wildman–Crippen LogP) is 2.88. The van der Waals surface area contributed by atoms with Gasteiger partial charge in [0.25, 0.3) is 11.6 Å². The minimum absolute atomic E-state index is 0.151. The molecule has 1 atom stereocenters. The summed E-state index contributed by atoms with van der Waals surface area (Å²) >= 11 is 0. The fourth-order valence-electron chi connectivity index (χ4n) is 3.18. The van der Waals surface area contributed by atoms with Crippen molar-refractivity contribution < 1.29 is 24.0 Å². The Morgan fingerprint density at radius 3 is 2.60 bits per heavy atom. The van der Waals surface area contributed by atoms with E-state index in [2.05, 4.69) is 16.0 Å². The molecular formula is C20H20N4O6. The largest absolute Gasteiger partial charge is 0.497 e. The van der Waals surface area contributed by atoms with Gasteiger partial charge in [-0.3, -0.25) is 14.9 Å². The van der Waals surface area contributed by atoms with Crippen molar-refractivity contribution in [3.8, 4) is 11.5 Å². The number of benzene rings is 2. The van der Waals surface area contributed by atoms with E-state index in [-0.39, 0.29) is 16.9 Å². The average molecular weight is 412 g/mol. The Bertz CT molecular complexity index is 1050. The minimum atomic E-state index is -0.807. The number of nitrogens with zero attached hydrogens (tertiary/aromatic N) is 1. The number of methoxy groups -OCH3 is 2. The Morgan fingerprint density at radius 1 is 1.17 bits per heavy atom. The highest BCUT2D eigenvalue weighted by Gasteiger charge is 2.33. The summed E-state index contributed by atoms with van der Waals surface area (Å²) in [6.45, 7) is 1.60. The highest BCUT2D eigenvalue weighted by atomic mass is 16.6. The number of amides is 3. The molecule has 10 nitrogen and oxygen atoms in total. The molecule has 0 aromatic heterocycles. The second-order valence-corrected chi connectivity index (χ2v) is 6.44. The molecule has 10 heteroatoms. The van der Waals surface area contributed by atoms with Gasteiger partial charge in [0, 0.05) is 35.1 Å². The Labute approximate surface area is 172 Å². The summed E-state index contributed by atoms with van der Waals surface area (Å²) in [7, 11) is 2.99. The lowest BCUT2D eigenvalue weighted by atomic mass is 9.94. The van der Waals surface area contributed by atoms with Crippen LogP contribution >= 0.6 is 0 Å². The zero-order valence-electron chi connectivity index (χ0n) is 16.5. The number of rotatable bonds is 6. The molecule has 1 aliphatic heterocycles. The quantitative estimate of drug-likeness (QED) is 0.494. The van der Waals surface area contributed by atoms with Crippen molar-refractivity contribution in [2.24, 2.45) is 0 Å². The van der Waals surface area contributed by atoms with Gasteiger partial charge in [-0.2, -0.15) is 0 Å². The zero-order chi connectivity index (χ0) is 21.8. The smallest absolute Gasteiger partial charge is 0.319 e. The molecule has 0 bridgehead atoms. The van der Waals surface area contributed by atoms with Crippen LogP contribution in [0.3, 0.4) is 0 Å². The molecule has 1 heterocycles. The van der Waals surface area contributed by atoms with E-state index in [1.165, 1.54) is 32.4 Å². The third-order valence-electron chi connectivity index (χ3n) is 4.58. The van der Waals surface area contributed by atoms with Gasteiger partial charge in [0.2, 0.25) is 0 Å². The summed E-state index contributed by atoms with van der Waals surface area (Å²) in [4.78, 5) is 35.6. The molecule has 30 heavy (non-hydrogen) atoms. The monoisotopic (exact) mass is 412 g/mol. The third kappa shape index (κ3) is 4.17. The second-order valence-electron chi connectivity index (χ2n) is 6.44. The van der Waals surface area contributed by atoms with E-state index in [9.17, 15) is 19.7 Å². The van der Waals surface area contributed by atoms with Gasteiger partial charge in [0.15, 0.2) is 0 Å². The molecular weight excluding hydrogens is 392 g/mol. The van der Waals surface area contributed by atoms with Gasteiger partial charge in [0.05, 0.1) is 30.8 Å². The molecule has 0 saturated carbocycles. The van der Waals surface area contributed by atoms with Crippen LogP contribution < -0.4 is 25.4 Å². The van der Waals surface area contributed by atoms with Crippen LogP contribution in [-0.4, -0.2) is 31.1 Å². The molecule has 3 rings (SSSR count). The number of hydrogen-bond acceptors (Lipinski definition) is 6. The Morgan fingerprint density at radius 2 is 1.93 bits per heavy atom. The van der Waals surface area contributed by atoms with Gasteiger partial charge in [-0.05, 0) is 25.1 Å². The fourth-order valence-corrected chi connectivity index (χ4v) is 3.18. The van der Waals surface area contributed by atoms with Crippen molar-refractivity contribution in [3.63, 3.8) is 0 Å². The maximum Gasteiger partial charge on any atom is 0.319 e. The molecule has 1 aliphatic rings. The van der Waals surface area contributed by atoms with Crippen LogP contribution in [0, 0.1) is 10.1 Å². The van der Waals surface area contributed by atoms with Gasteiger partial charge >= 0.3 is 6.03 Å². The predicted molar refractivity (Wildman–Crippen MR) is 108 cm³/mol. The number of allylic oxidation sites excluding steroid dienone is 1. The molecule has 2 aromatic rings. The number of nitro groups is 1. The summed E-state index contributed by atoms with van der Waals surface area (Å²) in [5.41, 5.74) is 1.25. The topological polar surface area (TPSA) is 132 Å². The van der Waals surface area contributed by atoms with E-state index in [0.717, 1.165) is 0 Å². The van der Waals surface area contributed by atoms with E-state index in [1.54, 1.807) is 31.2 Å². The molecule has 0 spiro atoms. The number of hydrogen-bond donors (Lipinski definition) is 3.